The Kier molecular flexibility index (Phi) is 7.22. The van der Waals surface area contributed by atoms with Gasteiger partial charge in [-0.15, -0.1) is 11.3 Å². The fourth-order valence-corrected chi connectivity index (χ4v) is 4.37. The highest BCUT2D eigenvalue weighted by atomic mass is 32.1. The summed E-state index contributed by atoms with van der Waals surface area (Å²) in [5.41, 5.74) is 4.69. The number of nitrogens with zero attached hydrogens (tertiary/aromatic N) is 2. The Balaban J connectivity index is 1.33. The number of carbonyl (C=O) groups excluding carboxylic acids is 1. The molecule has 0 aliphatic heterocycles. The zero-order valence-electron chi connectivity index (χ0n) is 18.6. The molecule has 6 heteroatoms. The van der Waals surface area contributed by atoms with Gasteiger partial charge in [-0.25, -0.2) is 4.98 Å². The maximum Gasteiger partial charge on any atom is 0.261 e. The molecule has 1 amide bonds. The summed E-state index contributed by atoms with van der Waals surface area (Å²) in [6.07, 6.45) is 2.56. The number of imidazole rings is 1. The number of hydrogen-bond donors (Lipinski definition) is 1. The third-order valence-corrected chi connectivity index (χ3v) is 6.48. The van der Waals surface area contributed by atoms with Crippen LogP contribution in [0.3, 0.4) is 0 Å². The summed E-state index contributed by atoms with van der Waals surface area (Å²) in [6, 6.07) is 18.2. The molecule has 0 bridgehead atoms. The molecule has 4 aromatic rings. The standard InChI is InChI=1S/C26H29N3O2S/c1-19-12-13-21(18-20(19)2)31-16-7-15-29-23-9-4-3-8-22(23)28-25(29)11-5-14-27-26(30)24-10-6-17-32-24/h3-4,6,8-10,12-13,17-18H,5,7,11,14-16H2,1-2H3,(H,27,30). The van der Waals surface area contributed by atoms with Crippen LogP contribution in [0.2, 0.25) is 0 Å². The normalized spacial score (nSPS) is 11.1. The van der Waals surface area contributed by atoms with E-state index in [2.05, 4.69) is 54.1 Å². The summed E-state index contributed by atoms with van der Waals surface area (Å²) >= 11 is 1.46. The number of fused-ring (bicyclic) bond motifs is 1. The number of amides is 1. The molecule has 1 N–H and O–H groups in total. The Morgan fingerprint density at radius 3 is 2.75 bits per heavy atom. The van der Waals surface area contributed by atoms with Gasteiger partial charge in [-0.1, -0.05) is 24.3 Å². The van der Waals surface area contributed by atoms with Crippen LogP contribution in [0, 0.1) is 13.8 Å². The van der Waals surface area contributed by atoms with Gasteiger partial charge in [0.05, 0.1) is 22.5 Å². The molecule has 0 fully saturated rings. The van der Waals surface area contributed by atoms with Crippen molar-refractivity contribution in [3.63, 3.8) is 0 Å². The minimum Gasteiger partial charge on any atom is -0.494 e. The number of thiophene rings is 1. The molecule has 2 aromatic carbocycles. The van der Waals surface area contributed by atoms with Gasteiger partial charge in [-0.05, 0) is 73.5 Å². The number of aromatic nitrogens is 2. The predicted octanol–water partition coefficient (Wildman–Crippen LogP) is 5.55. The van der Waals surface area contributed by atoms with Crippen LogP contribution in [0.1, 0.15) is 39.5 Å². The average molecular weight is 448 g/mol. The van der Waals surface area contributed by atoms with Crippen molar-refractivity contribution in [1.29, 1.82) is 0 Å². The Bertz CT molecular complexity index is 1180. The molecule has 0 aliphatic rings. The van der Waals surface area contributed by atoms with Crippen LogP contribution in [0.4, 0.5) is 0 Å². The van der Waals surface area contributed by atoms with Gasteiger partial charge in [-0.3, -0.25) is 4.79 Å². The lowest BCUT2D eigenvalue weighted by Gasteiger charge is -2.11. The lowest BCUT2D eigenvalue weighted by Crippen LogP contribution is -2.24. The third kappa shape index (κ3) is 5.37. The Labute approximate surface area is 193 Å². The molecule has 0 aliphatic carbocycles. The van der Waals surface area contributed by atoms with Gasteiger partial charge in [0, 0.05) is 19.5 Å². The minimum absolute atomic E-state index is 0.00278. The average Bonchev–Trinajstić information content (AvgIpc) is 3.45. The Morgan fingerprint density at radius 1 is 1.06 bits per heavy atom. The van der Waals surface area contributed by atoms with Crippen LogP contribution in [0.5, 0.6) is 5.75 Å². The van der Waals surface area contributed by atoms with E-state index in [9.17, 15) is 4.79 Å². The monoisotopic (exact) mass is 447 g/mol. The van der Waals surface area contributed by atoms with Crippen molar-refractivity contribution in [2.45, 2.75) is 39.7 Å². The largest absolute Gasteiger partial charge is 0.494 e. The number of ether oxygens (including phenoxy) is 1. The quantitative estimate of drug-likeness (QED) is 0.325. The fourth-order valence-electron chi connectivity index (χ4n) is 3.73. The van der Waals surface area contributed by atoms with Crippen LogP contribution < -0.4 is 10.1 Å². The lowest BCUT2D eigenvalue weighted by atomic mass is 10.1. The van der Waals surface area contributed by atoms with Crippen molar-refractivity contribution in [1.82, 2.24) is 14.9 Å². The van der Waals surface area contributed by atoms with Crippen LogP contribution in [0.25, 0.3) is 11.0 Å². The van der Waals surface area contributed by atoms with E-state index < -0.39 is 0 Å². The fraction of sp³-hybridized carbons (Fsp3) is 0.308. The first-order valence-electron chi connectivity index (χ1n) is 11.1. The number of aryl methyl sites for hydroxylation is 4. The molecular formula is C26H29N3O2S. The van der Waals surface area contributed by atoms with Crippen molar-refractivity contribution in [3.8, 4) is 5.75 Å². The molecule has 0 spiro atoms. The summed E-state index contributed by atoms with van der Waals surface area (Å²) in [6.45, 7) is 6.36. The molecule has 32 heavy (non-hydrogen) atoms. The molecule has 0 saturated carbocycles. The predicted molar refractivity (Wildman–Crippen MR) is 131 cm³/mol. The molecule has 0 radical (unpaired) electrons. The molecule has 0 unspecified atom stereocenters. The van der Waals surface area contributed by atoms with Crippen LogP contribution in [-0.2, 0) is 13.0 Å². The second kappa shape index (κ2) is 10.5. The molecule has 4 rings (SSSR count). The topological polar surface area (TPSA) is 56.1 Å². The Morgan fingerprint density at radius 2 is 1.94 bits per heavy atom. The number of hydrogen-bond acceptors (Lipinski definition) is 4. The first-order chi connectivity index (χ1) is 15.6. The second-order valence-electron chi connectivity index (χ2n) is 7.95. The molecular weight excluding hydrogens is 418 g/mol. The molecule has 0 atom stereocenters. The summed E-state index contributed by atoms with van der Waals surface area (Å²) in [5, 5.41) is 4.92. The van der Waals surface area contributed by atoms with Crippen LogP contribution in [-0.4, -0.2) is 28.6 Å². The van der Waals surface area contributed by atoms with Gasteiger partial charge in [-0.2, -0.15) is 0 Å². The second-order valence-corrected chi connectivity index (χ2v) is 8.90. The Hall–Kier alpha value is -3.12. The van der Waals surface area contributed by atoms with Gasteiger partial charge >= 0.3 is 0 Å². The highest BCUT2D eigenvalue weighted by Crippen LogP contribution is 2.19. The van der Waals surface area contributed by atoms with Gasteiger partial charge < -0.3 is 14.6 Å². The van der Waals surface area contributed by atoms with Crippen molar-refractivity contribution >= 4 is 28.3 Å². The van der Waals surface area contributed by atoms with Gasteiger partial charge in [0.25, 0.3) is 5.91 Å². The zero-order valence-corrected chi connectivity index (χ0v) is 19.5. The maximum absolute atomic E-state index is 12.1. The molecule has 0 saturated heterocycles. The van der Waals surface area contributed by atoms with E-state index >= 15 is 0 Å². The van der Waals surface area contributed by atoms with Crippen molar-refractivity contribution in [2.24, 2.45) is 0 Å². The maximum atomic E-state index is 12.1. The van der Waals surface area contributed by atoms with Crippen molar-refractivity contribution in [3.05, 3.63) is 81.8 Å². The zero-order chi connectivity index (χ0) is 22.3. The molecule has 2 heterocycles. The molecule has 2 aromatic heterocycles. The summed E-state index contributed by atoms with van der Waals surface area (Å²) in [4.78, 5) is 17.7. The van der Waals surface area contributed by atoms with Crippen LogP contribution in [0.15, 0.2) is 60.0 Å². The SMILES string of the molecule is Cc1ccc(OCCCn2c(CCCNC(=O)c3cccs3)nc3ccccc32)cc1C. The summed E-state index contributed by atoms with van der Waals surface area (Å²) in [5.74, 6) is 1.98. The van der Waals surface area contributed by atoms with Crippen molar-refractivity contribution in [2.75, 3.05) is 13.2 Å². The first-order valence-corrected chi connectivity index (χ1v) is 12.0. The summed E-state index contributed by atoms with van der Waals surface area (Å²) < 4.78 is 8.26. The number of para-hydroxylation sites is 2. The lowest BCUT2D eigenvalue weighted by molar-refractivity contribution is 0.0957. The van der Waals surface area contributed by atoms with Gasteiger partial charge in [0.15, 0.2) is 0 Å². The van der Waals surface area contributed by atoms with E-state index in [1.807, 2.05) is 29.6 Å². The van der Waals surface area contributed by atoms with E-state index in [-0.39, 0.29) is 5.91 Å². The number of carbonyl (C=O) groups is 1. The van der Waals surface area contributed by atoms with Crippen molar-refractivity contribution < 1.29 is 9.53 Å². The van der Waals surface area contributed by atoms with E-state index in [4.69, 9.17) is 9.72 Å². The smallest absolute Gasteiger partial charge is 0.261 e. The van der Waals surface area contributed by atoms with E-state index in [1.54, 1.807) is 0 Å². The highest BCUT2D eigenvalue weighted by Gasteiger charge is 2.11. The van der Waals surface area contributed by atoms with Gasteiger partial charge in [0.2, 0.25) is 0 Å². The highest BCUT2D eigenvalue weighted by molar-refractivity contribution is 7.12. The first kappa shape index (κ1) is 22.1. The van der Waals surface area contributed by atoms with Crippen LogP contribution >= 0.6 is 11.3 Å². The van der Waals surface area contributed by atoms with E-state index in [1.165, 1.54) is 22.5 Å². The van der Waals surface area contributed by atoms with E-state index in [0.29, 0.717) is 13.2 Å². The summed E-state index contributed by atoms with van der Waals surface area (Å²) in [7, 11) is 0. The number of rotatable bonds is 10. The number of nitrogens with one attached hydrogen (secondary N) is 1. The third-order valence-electron chi connectivity index (χ3n) is 5.61. The van der Waals surface area contributed by atoms with E-state index in [0.717, 1.165) is 53.3 Å². The number of benzene rings is 2. The molecule has 166 valence electrons. The minimum atomic E-state index is -0.00278. The molecule has 5 nitrogen and oxygen atoms in total. The van der Waals surface area contributed by atoms with Gasteiger partial charge in [0.1, 0.15) is 11.6 Å².